The van der Waals surface area contributed by atoms with Crippen LogP contribution < -0.4 is 14.8 Å². The molecule has 2 aromatic rings. The molecule has 29 heavy (non-hydrogen) atoms. The van der Waals surface area contributed by atoms with Gasteiger partial charge in [-0.05, 0) is 55.8 Å². The number of sulfonamides is 1. The summed E-state index contributed by atoms with van der Waals surface area (Å²) in [5, 5.41) is 2.67. The van der Waals surface area contributed by atoms with Gasteiger partial charge in [-0.1, -0.05) is 13.0 Å². The van der Waals surface area contributed by atoms with E-state index in [0.717, 1.165) is 5.56 Å². The van der Waals surface area contributed by atoms with Crippen LogP contribution >= 0.6 is 0 Å². The van der Waals surface area contributed by atoms with Gasteiger partial charge in [-0.3, -0.25) is 4.79 Å². The number of benzene rings is 2. The standard InChI is InChI=1S/C20H24N2O6S/c1-5-21-29(25,26)16-9-7-15(8-10-16)20(24)28-14(3)19(23)22-17-12-13(2)6-11-18(17)27-4/h6-12,14,21H,5H2,1-4H3,(H,22,23)/t14-/m1/s1. The highest BCUT2D eigenvalue weighted by atomic mass is 32.2. The second kappa shape index (κ2) is 9.53. The smallest absolute Gasteiger partial charge is 0.338 e. The summed E-state index contributed by atoms with van der Waals surface area (Å²) >= 11 is 0. The second-order valence-corrected chi connectivity index (χ2v) is 8.03. The SMILES string of the molecule is CCNS(=O)(=O)c1ccc(C(=O)O[C@H](C)C(=O)Nc2cc(C)ccc2OC)cc1. The Bertz CT molecular complexity index is 987. The molecule has 0 radical (unpaired) electrons. The number of ether oxygens (including phenoxy) is 2. The predicted molar refractivity (Wildman–Crippen MR) is 109 cm³/mol. The first kappa shape index (κ1) is 22.4. The molecule has 156 valence electrons. The Morgan fingerprint density at radius 3 is 2.34 bits per heavy atom. The molecule has 0 fully saturated rings. The van der Waals surface area contributed by atoms with Crippen LogP contribution in [0, 0.1) is 6.92 Å². The van der Waals surface area contributed by atoms with Crippen LogP contribution in [0.25, 0.3) is 0 Å². The lowest BCUT2D eigenvalue weighted by atomic mass is 10.2. The van der Waals surface area contributed by atoms with Gasteiger partial charge >= 0.3 is 5.97 Å². The molecule has 8 nitrogen and oxygen atoms in total. The normalized spacial score (nSPS) is 12.1. The van der Waals surface area contributed by atoms with Gasteiger partial charge in [0.2, 0.25) is 10.0 Å². The zero-order valence-electron chi connectivity index (χ0n) is 16.7. The number of aryl methyl sites for hydroxylation is 1. The second-order valence-electron chi connectivity index (χ2n) is 6.27. The Hall–Kier alpha value is -2.91. The van der Waals surface area contributed by atoms with Crippen molar-refractivity contribution in [3.05, 3.63) is 53.6 Å². The van der Waals surface area contributed by atoms with E-state index < -0.39 is 28.0 Å². The van der Waals surface area contributed by atoms with Gasteiger partial charge in [0.15, 0.2) is 6.10 Å². The molecule has 0 heterocycles. The van der Waals surface area contributed by atoms with E-state index in [-0.39, 0.29) is 17.0 Å². The Morgan fingerprint density at radius 1 is 1.10 bits per heavy atom. The molecule has 0 aliphatic carbocycles. The topological polar surface area (TPSA) is 111 Å². The fraction of sp³-hybridized carbons (Fsp3) is 0.300. The molecule has 0 aliphatic heterocycles. The van der Waals surface area contributed by atoms with Crippen LogP contribution in [-0.2, 0) is 19.6 Å². The van der Waals surface area contributed by atoms with Gasteiger partial charge in [-0.15, -0.1) is 0 Å². The first-order valence-electron chi connectivity index (χ1n) is 8.94. The van der Waals surface area contributed by atoms with Gasteiger partial charge < -0.3 is 14.8 Å². The monoisotopic (exact) mass is 420 g/mol. The van der Waals surface area contributed by atoms with Crippen molar-refractivity contribution in [2.75, 3.05) is 19.0 Å². The Morgan fingerprint density at radius 2 is 1.76 bits per heavy atom. The van der Waals surface area contributed by atoms with E-state index in [9.17, 15) is 18.0 Å². The minimum atomic E-state index is -3.61. The summed E-state index contributed by atoms with van der Waals surface area (Å²) in [4.78, 5) is 24.7. The summed E-state index contributed by atoms with van der Waals surface area (Å²) in [5.74, 6) is -0.773. The van der Waals surface area contributed by atoms with E-state index >= 15 is 0 Å². The van der Waals surface area contributed by atoms with Crippen LogP contribution in [0.3, 0.4) is 0 Å². The molecule has 2 rings (SSSR count). The number of esters is 1. The molecule has 0 aliphatic rings. The number of methoxy groups -OCH3 is 1. The number of carbonyl (C=O) groups excluding carboxylic acids is 2. The molecule has 0 spiro atoms. The minimum absolute atomic E-state index is 0.0354. The minimum Gasteiger partial charge on any atom is -0.495 e. The molecular formula is C20H24N2O6S. The Balaban J connectivity index is 2.05. The maximum absolute atomic E-state index is 12.4. The van der Waals surface area contributed by atoms with Crippen molar-refractivity contribution in [3.8, 4) is 5.75 Å². The van der Waals surface area contributed by atoms with Crippen LogP contribution in [0.5, 0.6) is 5.75 Å². The highest BCUT2D eigenvalue weighted by Crippen LogP contribution is 2.25. The number of anilines is 1. The summed E-state index contributed by atoms with van der Waals surface area (Å²) in [6.07, 6.45) is -1.07. The highest BCUT2D eigenvalue weighted by molar-refractivity contribution is 7.89. The maximum atomic E-state index is 12.4. The lowest BCUT2D eigenvalue weighted by Gasteiger charge is -2.16. The van der Waals surface area contributed by atoms with Gasteiger partial charge in [0.05, 0.1) is 23.3 Å². The van der Waals surface area contributed by atoms with Crippen molar-refractivity contribution in [2.45, 2.75) is 31.8 Å². The van der Waals surface area contributed by atoms with E-state index in [1.54, 1.807) is 19.1 Å². The van der Waals surface area contributed by atoms with Crippen molar-refractivity contribution >= 4 is 27.6 Å². The van der Waals surface area contributed by atoms with Gasteiger partial charge in [0.1, 0.15) is 5.75 Å². The number of nitrogens with one attached hydrogen (secondary N) is 2. The number of amides is 1. The van der Waals surface area contributed by atoms with Crippen LogP contribution in [-0.4, -0.2) is 40.1 Å². The number of rotatable bonds is 8. The van der Waals surface area contributed by atoms with E-state index in [4.69, 9.17) is 9.47 Å². The molecule has 0 aromatic heterocycles. The summed E-state index contributed by atoms with van der Waals surface area (Å²) in [6.45, 7) is 5.24. The lowest BCUT2D eigenvalue weighted by Crippen LogP contribution is -2.30. The van der Waals surface area contributed by atoms with Gasteiger partial charge in [-0.25, -0.2) is 17.9 Å². The average molecular weight is 420 g/mol. The van der Waals surface area contributed by atoms with Crippen LogP contribution in [0.1, 0.15) is 29.8 Å². The van der Waals surface area contributed by atoms with Crippen LogP contribution in [0.4, 0.5) is 5.69 Å². The molecule has 9 heteroatoms. The fourth-order valence-electron chi connectivity index (χ4n) is 2.48. The van der Waals surface area contributed by atoms with Crippen LogP contribution in [0.15, 0.2) is 47.4 Å². The number of hydrogen-bond donors (Lipinski definition) is 2. The quantitative estimate of drug-likeness (QED) is 0.635. The average Bonchev–Trinajstić information content (AvgIpc) is 2.68. The van der Waals surface area contributed by atoms with Crippen molar-refractivity contribution in [3.63, 3.8) is 0 Å². The van der Waals surface area contributed by atoms with Gasteiger partial charge in [0, 0.05) is 6.54 Å². The summed E-state index contributed by atoms with van der Waals surface area (Å²) in [6, 6.07) is 10.6. The molecule has 0 saturated heterocycles. The summed E-state index contributed by atoms with van der Waals surface area (Å²) < 4.78 is 36.6. The van der Waals surface area contributed by atoms with Crippen molar-refractivity contribution in [1.29, 1.82) is 0 Å². The number of hydrogen-bond acceptors (Lipinski definition) is 6. The van der Waals surface area contributed by atoms with E-state index in [1.807, 2.05) is 13.0 Å². The third-order valence-corrected chi connectivity index (χ3v) is 5.56. The van der Waals surface area contributed by atoms with E-state index in [0.29, 0.717) is 11.4 Å². The first-order chi connectivity index (χ1) is 13.7. The molecule has 2 aromatic carbocycles. The summed E-state index contributed by atoms with van der Waals surface area (Å²) in [7, 11) is -2.12. The molecule has 0 unspecified atom stereocenters. The van der Waals surface area contributed by atoms with Gasteiger partial charge in [-0.2, -0.15) is 0 Å². The van der Waals surface area contributed by atoms with Gasteiger partial charge in [0.25, 0.3) is 5.91 Å². The maximum Gasteiger partial charge on any atom is 0.338 e. The van der Waals surface area contributed by atoms with Crippen molar-refractivity contribution < 1.29 is 27.5 Å². The molecule has 1 amide bonds. The third-order valence-electron chi connectivity index (χ3n) is 4.00. The summed E-state index contributed by atoms with van der Waals surface area (Å²) in [5.41, 5.74) is 1.53. The third kappa shape index (κ3) is 5.78. The largest absolute Gasteiger partial charge is 0.495 e. The van der Waals surface area contributed by atoms with Crippen LogP contribution in [0.2, 0.25) is 0 Å². The Kier molecular flexibility index (Phi) is 7.35. The van der Waals surface area contributed by atoms with Crippen molar-refractivity contribution in [2.24, 2.45) is 0 Å². The molecule has 0 saturated carbocycles. The first-order valence-corrected chi connectivity index (χ1v) is 10.4. The van der Waals surface area contributed by atoms with E-state index in [1.165, 1.54) is 38.3 Å². The predicted octanol–water partition coefficient (Wildman–Crippen LogP) is 2.49. The van der Waals surface area contributed by atoms with Crippen molar-refractivity contribution in [1.82, 2.24) is 4.72 Å². The molecular weight excluding hydrogens is 396 g/mol. The fourth-order valence-corrected chi connectivity index (χ4v) is 3.52. The van der Waals surface area contributed by atoms with E-state index in [2.05, 4.69) is 10.0 Å². The zero-order valence-corrected chi connectivity index (χ0v) is 17.5. The molecule has 0 bridgehead atoms. The Labute approximate surface area is 170 Å². The molecule has 2 N–H and O–H groups in total. The molecule has 1 atom stereocenters. The highest BCUT2D eigenvalue weighted by Gasteiger charge is 2.21. The lowest BCUT2D eigenvalue weighted by molar-refractivity contribution is -0.123. The zero-order chi connectivity index (χ0) is 21.6. The number of carbonyl (C=O) groups is 2.